The number of morpholine rings is 1. The van der Waals surface area contributed by atoms with Gasteiger partial charge in [-0.15, -0.1) is 0 Å². The monoisotopic (exact) mass is 431 g/mol. The summed E-state index contributed by atoms with van der Waals surface area (Å²) in [6.07, 6.45) is 0.441. The minimum atomic E-state index is -3.49. The molecule has 2 aromatic rings. The SMILES string of the molecule is CC1CN(Cc2ccc(C(=O)Nc3ccc(S(=O)(=O)N(C)C)cc3)cc2)CC(C)O1. The second-order valence-corrected chi connectivity index (χ2v) is 10.1. The molecule has 2 unspecified atom stereocenters. The van der Waals surface area contributed by atoms with Gasteiger partial charge in [-0.05, 0) is 55.8 Å². The van der Waals surface area contributed by atoms with Gasteiger partial charge in [0.05, 0.1) is 17.1 Å². The van der Waals surface area contributed by atoms with Crippen molar-refractivity contribution >= 4 is 21.6 Å². The minimum Gasteiger partial charge on any atom is -0.373 e. The molecule has 3 rings (SSSR count). The molecule has 1 aliphatic heterocycles. The summed E-state index contributed by atoms with van der Waals surface area (Å²) >= 11 is 0. The Morgan fingerprint density at radius 2 is 1.60 bits per heavy atom. The van der Waals surface area contributed by atoms with Crippen LogP contribution in [0.3, 0.4) is 0 Å². The Bertz CT molecular complexity index is 962. The Morgan fingerprint density at radius 1 is 1.03 bits per heavy atom. The third-order valence-electron chi connectivity index (χ3n) is 5.01. The van der Waals surface area contributed by atoms with E-state index in [-0.39, 0.29) is 23.0 Å². The van der Waals surface area contributed by atoms with Crippen molar-refractivity contribution in [2.75, 3.05) is 32.5 Å². The first kappa shape index (κ1) is 22.4. The molecule has 1 amide bonds. The largest absolute Gasteiger partial charge is 0.373 e. The van der Waals surface area contributed by atoms with E-state index < -0.39 is 10.0 Å². The summed E-state index contributed by atoms with van der Waals surface area (Å²) in [4.78, 5) is 15.1. The predicted octanol–water partition coefficient (Wildman–Crippen LogP) is 2.80. The minimum absolute atomic E-state index is 0.182. The highest BCUT2D eigenvalue weighted by Gasteiger charge is 2.22. The molecular weight excluding hydrogens is 402 g/mol. The molecule has 2 atom stereocenters. The van der Waals surface area contributed by atoms with E-state index in [0.717, 1.165) is 29.5 Å². The van der Waals surface area contributed by atoms with E-state index in [1.165, 1.54) is 26.2 Å². The molecule has 0 radical (unpaired) electrons. The molecule has 1 heterocycles. The van der Waals surface area contributed by atoms with Crippen LogP contribution < -0.4 is 5.32 Å². The highest BCUT2D eigenvalue weighted by molar-refractivity contribution is 7.89. The van der Waals surface area contributed by atoms with Gasteiger partial charge in [0.2, 0.25) is 10.0 Å². The van der Waals surface area contributed by atoms with E-state index in [1.54, 1.807) is 12.1 Å². The van der Waals surface area contributed by atoms with Crippen molar-refractivity contribution in [3.05, 3.63) is 59.7 Å². The number of benzene rings is 2. The molecule has 7 nitrogen and oxygen atoms in total. The number of hydrogen-bond donors (Lipinski definition) is 1. The summed E-state index contributed by atoms with van der Waals surface area (Å²) in [6, 6.07) is 13.7. The van der Waals surface area contributed by atoms with Crippen molar-refractivity contribution in [3.63, 3.8) is 0 Å². The predicted molar refractivity (Wildman–Crippen MR) is 117 cm³/mol. The summed E-state index contributed by atoms with van der Waals surface area (Å²) in [5, 5.41) is 2.80. The molecular formula is C22H29N3O4S. The highest BCUT2D eigenvalue weighted by Crippen LogP contribution is 2.18. The number of nitrogens with zero attached hydrogens (tertiary/aromatic N) is 2. The Morgan fingerprint density at radius 3 is 2.13 bits per heavy atom. The highest BCUT2D eigenvalue weighted by atomic mass is 32.2. The van der Waals surface area contributed by atoms with Gasteiger partial charge in [-0.1, -0.05) is 12.1 Å². The van der Waals surface area contributed by atoms with Gasteiger partial charge in [-0.3, -0.25) is 9.69 Å². The van der Waals surface area contributed by atoms with E-state index in [9.17, 15) is 13.2 Å². The number of ether oxygens (including phenoxy) is 1. The zero-order valence-corrected chi connectivity index (χ0v) is 18.6. The third-order valence-corrected chi connectivity index (χ3v) is 6.84. The standard InChI is InChI=1S/C22H29N3O4S/c1-16-13-25(14-17(2)29-16)15-18-5-7-19(8-6-18)22(26)23-20-9-11-21(12-10-20)30(27,28)24(3)4/h5-12,16-17H,13-15H2,1-4H3,(H,23,26). The van der Waals surface area contributed by atoms with Crippen LogP contribution in [0.2, 0.25) is 0 Å². The van der Waals surface area contributed by atoms with Crippen molar-refractivity contribution in [2.24, 2.45) is 0 Å². The van der Waals surface area contributed by atoms with Gasteiger partial charge in [-0.25, -0.2) is 12.7 Å². The summed E-state index contributed by atoms with van der Waals surface area (Å²) < 4.78 is 31.2. The number of rotatable bonds is 6. The van der Waals surface area contributed by atoms with Gasteiger partial charge < -0.3 is 10.1 Å². The van der Waals surface area contributed by atoms with Gasteiger partial charge >= 0.3 is 0 Å². The fourth-order valence-corrected chi connectivity index (χ4v) is 4.46. The Labute approximate surface area is 178 Å². The Kier molecular flexibility index (Phi) is 6.92. The second-order valence-electron chi connectivity index (χ2n) is 7.91. The zero-order valence-electron chi connectivity index (χ0n) is 17.8. The maximum absolute atomic E-state index is 12.5. The number of sulfonamides is 1. The molecule has 1 aliphatic rings. The maximum Gasteiger partial charge on any atom is 0.255 e. The number of hydrogen-bond acceptors (Lipinski definition) is 5. The molecule has 0 spiro atoms. The van der Waals surface area contributed by atoms with E-state index in [2.05, 4.69) is 24.1 Å². The van der Waals surface area contributed by atoms with Crippen LogP contribution >= 0.6 is 0 Å². The van der Waals surface area contributed by atoms with Gasteiger partial charge in [0.25, 0.3) is 5.91 Å². The van der Waals surface area contributed by atoms with Crippen LogP contribution in [0, 0.1) is 0 Å². The van der Waals surface area contributed by atoms with Gasteiger partial charge in [0.1, 0.15) is 0 Å². The van der Waals surface area contributed by atoms with Crippen LogP contribution in [-0.4, -0.2) is 62.9 Å². The maximum atomic E-state index is 12.5. The number of anilines is 1. The topological polar surface area (TPSA) is 79.0 Å². The summed E-state index contributed by atoms with van der Waals surface area (Å²) in [5.41, 5.74) is 2.23. The summed E-state index contributed by atoms with van der Waals surface area (Å²) in [7, 11) is -0.527. The van der Waals surface area contributed by atoms with Crippen molar-refractivity contribution in [3.8, 4) is 0 Å². The first-order valence-corrected chi connectivity index (χ1v) is 11.4. The lowest BCUT2D eigenvalue weighted by Crippen LogP contribution is -2.44. The molecule has 1 N–H and O–H groups in total. The average Bonchev–Trinajstić information content (AvgIpc) is 2.68. The molecule has 2 aromatic carbocycles. The van der Waals surface area contributed by atoms with E-state index >= 15 is 0 Å². The van der Waals surface area contributed by atoms with Crippen LogP contribution in [-0.2, 0) is 21.3 Å². The van der Waals surface area contributed by atoms with Crippen LogP contribution in [0.5, 0.6) is 0 Å². The Hall–Kier alpha value is -2.26. The smallest absolute Gasteiger partial charge is 0.255 e. The first-order valence-electron chi connectivity index (χ1n) is 9.96. The number of carbonyl (C=O) groups is 1. The first-order chi connectivity index (χ1) is 14.1. The molecule has 162 valence electrons. The third kappa shape index (κ3) is 5.46. The molecule has 0 bridgehead atoms. The summed E-state index contributed by atoms with van der Waals surface area (Å²) in [5.74, 6) is -0.238. The lowest BCUT2D eigenvalue weighted by molar-refractivity contribution is -0.0704. The van der Waals surface area contributed by atoms with Crippen molar-refractivity contribution < 1.29 is 17.9 Å². The lowest BCUT2D eigenvalue weighted by atomic mass is 10.1. The van der Waals surface area contributed by atoms with E-state index in [1.807, 2.05) is 24.3 Å². The molecule has 1 saturated heterocycles. The van der Waals surface area contributed by atoms with Crippen molar-refractivity contribution in [1.82, 2.24) is 9.21 Å². The van der Waals surface area contributed by atoms with Crippen molar-refractivity contribution in [2.45, 2.75) is 37.5 Å². The second kappa shape index (κ2) is 9.26. The van der Waals surface area contributed by atoms with Crippen LogP contribution in [0.1, 0.15) is 29.8 Å². The Balaban J connectivity index is 1.61. The molecule has 0 aliphatic carbocycles. The summed E-state index contributed by atoms with van der Waals surface area (Å²) in [6.45, 7) is 6.77. The zero-order chi connectivity index (χ0) is 21.9. The average molecular weight is 432 g/mol. The molecule has 0 aromatic heterocycles. The lowest BCUT2D eigenvalue weighted by Gasteiger charge is -2.35. The molecule has 30 heavy (non-hydrogen) atoms. The molecule has 1 fully saturated rings. The van der Waals surface area contributed by atoms with Gasteiger partial charge in [-0.2, -0.15) is 0 Å². The van der Waals surface area contributed by atoms with Crippen molar-refractivity contribution in [1.29, 1.82) is 0 Å². The van der Waals surface area contributed by atoms with Gasteiger partial charge in [0.15, 0.2) is 0 Å². The number of carbonyl (C=O) groups excluding carboxylic acids is 1. The number of amides is 1. The fourth-order valence-electron chi connectivity index (χ4n) is 3.56. The van der Waals surface area contributed by atoms with E-state index in [4.69, 9.17) is 4.74 Å². The quantitative estimate of drug-likeness (QED) is 0.761. The van der Waals surface area contributed by atoms with Gasteiger partial charge in [0, 0.05) is 45.0 Å². The van der Waals surface area contributed by atoms with Crippen LogP contribution in [0.4, 0.5) is 5.69 Å². The molecule has 0 saturated carbocycles. The number of nitrogens with one attached hydrogen (secondary N) is 1. The normalized spacial score (nSPS) is 20.3. The fraction of sp³-hybridized carbons (Fsp3) is 0.409. The van der Waals surface area contributed by atoms with E-state index in [0.29, 0.717) is 11.3 Å². The molecule has 8 heteroatoms. The van der Waals surface area contributed by atoms with Crippen LogP contribution in [0.15, 0.2) is 53.4 Å². The van der Waals surface area contributed by atoms with Crippen LogP contribution in [0.25, 0.3) is 0 Å².